The minimum absolute atomic E-state index is 0.0588. The predicted octanol–water partition coefficient (Wildman–Crippen LogP) is 3.28. The number of unbranched alkanes of at least 4 members (excludes halogenated alkanes) is 2. The summed E-state index contributed by atoms with van der Waals surface area (Å²) in [7, 11) is 0. The Labute approximate surface area is 183 Å². The fourth-order valence-corrected chi connectivity index (χ4v) is 5.71. The van der Waals surface area contributed by atoms with Crippen LogP contribution >= 0.6 is 0 Å². The van der Waals surface area contributed by atoms with Crippen LogP contribution in [-0.4, -0.2) is 41.6 Å². The Balaban J connectivity index is 1.59. The van der Waals surface area contributed by atoms with Crippen molar-refractivity contribution >= 4 is 12.1 Å². The highest BCUT2D eigenvalue weighted by Crippen LogP contribution is 2.51. The lowest BCUT2D eigenvalue weighted by Gasteiger charge is -2.42. The first-order chi connectivity index (χ1) is 14.9. The average molecular weight is 432 g/mol. The molecule has 4 rings (SSSR count). The van der Waals surface area contributed by atoms with Crippen LogP contribution in [0.5, 0.6) is 5.75 Å². The van der Waals surface area contributed by atoms with E-state index in [1.165, 1.54) is 0 Å². The molecule has 1 saturated carbocycles. The molecule has 0 spiro atoms. The molecule has 5 atom stereocenters. The van der Waals surface area contributed by atoms with Gasteiger partial charge < -0.3 is 25.1 Å². The first-order valence-electron chi connectivity index (χ1n) is 11.5. The number of rotatable bonds is 7. The van der Waals surface area contributed by atoms with Crippen molar-refractivity contribution in [1.82, 2.24) is 0 Å². The fraction of sp³-hybridized carbons (Fsp3) is 0.667. The Kier molecular flexibility index (Phi) is 6.53. The van der Waals surface area contributed by atoms with Gasteiger partial charge in [-0.05, 0) is 61.6 Å². The Bertz CT molecular complexity index is 826. The van der Waals surface area contributed by atoms with E-state index < -0.39 is 24.3 Å². The molecule has 1 aromatic carbocycles. The molecule has 1 aliphatic heterocycles. The van der Waals surface area contributed by atoms with Gasteiger partial charge in [-0.25, -0.2) is 9.59 Å². The standard InChI is InChI=1S/C24H33NO6/c1-2-3-4-7-17(26)9-10-19-21-12-16-11-18-15(13-24(16,19)25)6-5-8-20(18)31-23(28)29-14-22(27)30-21/h5-6,8,16-17,19,21,26H,2-4,7,9-14,25H2,1H3/t16-,17-,19-,21+,24+/m0/s1. The van der Waals surface area contributed by atoms with E-state index in [9.17, 15) is 14.7 Å². The van der Waals surface area contributed by atoms with E-state index in [2.05, 4.69) is 6.92 Å². The third-order valence-corrected chi connectivity index (χ3v) is 7.33. The summed E-state index contributed by atoms with van der Waals surface area (Å²) in [6.45, 7) is 1.66. The summed E-state index contributed by atoms with van der Waals surface area (Å²) in [5, 5.41) is 10.5. The molecule has 1 fully saturated rings. The van der Waals surface area contributed by atoms with Gasteiger partial charge >= 0.3 is 12.1 Å². The maximum absolute atomic E-state index is 12.3. The summed E-state index contributed by atoms with van der Waals surface area (Å²) in [6.07, 6.45) is 5.71. The number of ether oxygens (including phenoxy) is 3. The minimum Gasteiger partial charge on any atom is -0.459 e. The van der Waals surface area contributed by atoms with Crippen molar-refractivity contribution in [3.63, 3.8) is 0 Å². The van der Waals surface area contributed by atoms with Crippen LogP contribution in [0.25, 0.3) is 0 Å². The molecular formula is C24H33NO6. The van der Waals surface area contributed by atoms with Crippen LogP contribution in [0.1, 0.15) is 63.0 Å². The maximum atomic E-state index is 12.3. The number of benzene rings is 1. The van der Waals surface area contributed by atoms with Gasteiger partial charge in [-0.1, -0.05) is 38.3 Å². The zero-order valence-corrected chi connectivity index (χ0v) is 18.2. The van der Waals surface area contributed by atoms with Gasteiger partial charge in [0, 0.05) is 11.5 Å². The van der Waals surface area contributed by atoms with Crippen LogP contribution in [0.15, 0.2) is 18.2 Å². The number of fused-ring (bicyclic) bond motifs is 1. The molecule has 0 aromatic heterocycles. The van der Waals surface area contributed by atoms with Crippen LogP contribution in [0.4, 0.5) is 4.79 Å². The quantitative estimate of drug-likeness (QED) is 0.387. The smallest absolute Gasteiger partial charge is 0.459 e. The molecule has 7 heteroatoms. The van der Waals surface area contributed by atoms with Gasteiger partial charge in [-0.15, -0.1) is 0 Å². The number of hydrogen-bond acceptors (Lipinski definition) is 7. The van der Waals surface area contributed by atoms with Crippen LogP contribution < -0.4 is 10.5 Å². The summed E-state index contributed by atoms with van der Waals surface area (Å²) < 4.78 is 16.1. The zero-order valence-electron chi connectivity index (χ0n) is 18.2. The van der Waals surface area contributed by atoms with Gasteiger partial charge in [0.2, 0.25) is 0 Å². The monoisotopic (exact) mass is 431 g/mol. The second kappa shape index (κ2) is 9.17. The highest BCUT2D eigenvalue weighted by molar-refractivity contribution is 5.75. The number of carbonyl (C=O) groups is 2. The number of carbonyl (C=O) groups excluding carboxylic acids is 2. The van der Waals surface area contributed by atoms with Gasteiger partial charge in [0.05, 0.1) is 6.10 Å². The molecule has 3 N–H and O–H groups in total. The molecule has 31 heavy (non-hydrogen) atoms. The van der Waals surface area contributed by atoms with Gasteiger partial charge in [0.25, 0.3) is 0 Å². The van der Waals surface area contributed by atoms with Crippen molar-refractivity contribution in [2.45, 2.75) is 82.5 Å². The first-order valence-corrected chi connectivity index (χ1v) is 11.5. The van der Waals surface area contributed by atoms with E-state index in [-0.39, 0.29) is 24.0 Å². The molecule has 0 amide bonds. The van der Waals surface area contributed by atoms with Crippen molar-refractivity contribution in [3.8, 4) is 5.75 Å². The molecule has 0 radical (unpaired) electrons. The fourth-order valence-electron chi connectivity index (χ4n) is 5.71. The van der Waals surface area contributed by atoms with Gasteiger partial charge in [0.15, 0.2) is 6.61 Å². The van der Waals surface area contributed by atoms with E-state index in [0.717, 1.165) is 36.8 Å². The molecule has 3 aliphatic rings. The first kappa shape index (κ1) is 22.1. The lowest BCUT2D eigenvalue weighted by molar-refractivity contribution is -0.155. The SMILES string of the molecule is CCCCC[C@H](O)CC[C@H]1[C@H]2C[C@@H]3Cc4c(cccc4OC(=O)OCC(=O)O2)C[C@@]31N. The van der Waals surface area contributed by atoms with Crippen LogP contribution in [0.2, 0.25) is 0 Å². The average Bonchev–Trinajstić information content (AvgIpc) is 2.99. The third kappa shape index (κ3) is 4.58. The number of nitrogens with two attached hydrogens (primary N) is 1. The lowest BCUT2D eigenvalue weighted by Crippen LogP contribution is -2.55. The normalized spacial score (nSPS) is 30.6. The molecule has 1 aromatic rings. The maximum Gasteiger partial charge on any atom is 0.514 e. The zero-order chi connectivity index (χ0) is 22.0. The summed E-state index contributed by atoms with van der Waals surface area (Å²) in [4.78, 5) is 24.4. The summed E-state index contributed by atoms with van der Waals surface area (Å²) in [5.41, 5.74) is 8.57. The van der Waals surface area contributed by atoms with Crippen molar-refractivity contribution < 1.29 is 28.9 Å². The molecule has 3 bridgehead atoms. The highest BCUT2D eigenvalue weighted by Gasteiger charge is 2.56. The van der Waals surface area contributed by atoms with E-state index >= 15 is 0 Å². The molecule has 2 aliphatic carbocycles. The molecular weight excluding hydrogens is 398 g/mol. The minimum atomic E-state index is -0.908. The molecule has 1 heterocycles. The van der Waals surface area contributed by atoms with E-state index in [1.54, 1.807) is 6.07 Å². The molecule has 170 valence electrons. The number of hydrogen-bond donors (Lipinski definition) is 2. The van der Waals surface area contributed by atoms with Gasteiger partial charge in [0.1, 0.15) is 11.9 Å². The largest absolute Gasteiger partial charge is 0.514 e. The van der Waals surface area contributed by atoms with Crippen molar-refractivity contribution in [3.05, 3.63) is 29.3 Å². The van der Waals surface area contributed by atoms with E-state index in [1.807, 2.05) is 12.1 Å². The molecule has 7 nitrogen and oxygen atoms in total. The number of esters is 1. The van der Waals surface area contributed by atoms with Crippen LogP contribution in [0, 0.1) is 11.8 Å². The van der Waals surface area contributed by atoms with Crippen LogP contribution in [0.3, 0.4) is 0 Å². The third-order valence-electron chi connectivity index (χ3n) is 7.33. The van der Waals surface area contributed by atoms with Gasteiger partial charge in [-0.2, -0.15) is 0 Å². The Morgan fingerprint density at radius 1 is 1.26 bits per heavy atom. The molecule has 0 saturated heterocycles. The number of aliphatic hydroxyl groups excluding tert-OH is 1. The Morgan fingerprint density at radius 2 is 2.10 bits per heavy atom. The predicted molar refractivity (Wildman–Crippen MR) is 114 cm³/mol. The second-order valence-electron chi connectivity index (χ2n) is 9.32. The van der Waals surface area contributed by atoms with E-state index in [4.69, 9.17) is 19.9 Å². The Hall–Kier alpha value is -2.12. The van der Waals surface area contributed by atoms with Crippen molar-refractivity contribution in [2.24, 2.45) is 17.6 Å². The van der Waals surface area contributed by atoms with Crippen LogP contribution in [-0.2, 0) is 27.1 Å². The van der Waals surface area contributed by atoms with Crippen molar-refractivity contribution in [2.75, 3.05) is 6.61 Å². The molecule has 0 unspecified atom stereocenters. The summed E-state index contributed by atoms with van der Waals surface area (Å²) in [6, 6.07) is 5.63. The van der Waals surface area contributed by atoms with E-state index in [0.29, 0.717) is 37.9 Å². The Morgan fingerprint density at radius 3 is 2.90 bits per heavy atom. The topological polar surface area (TPSA) is 108 Å². The van der Waals surface area contributed by atoms with Gasteiger partial charge in [-0.3, -0.25) is 0 Å². The highest BCUT2D eigenvalue weighted by atomic mass is 16.7. The number of cyclic esters (lactones) is 1. The summed E-state index contributed by atoms with van der Waals surface area (Å²) in [5.74, 6) is -0.0632. The summed E-state index contributed by atoms with van der Waals surface area (Å²) >= 11 is 0. The lowest BCUT2D eigenvalue weighted by atomic mass is 9.68. The van der Waals surface area contributed by atoms with Crippen molar-refractivity contribution in [1.29, 1.82) is 0 Å². The second-order valence-corrected chi connectivity index (χ2v) is 9.32. The number of aliphatic hydroxyl groups is 1.